The van der Waals surface area contributed by atoms with E-state index in [1.165, 1.54) is 85.5 Å². The van der Waals surface area contributed by atoms with Crippen LogP contribution in [0.15, 0.2) is 138 Å². The molecule has 42 heavy (non-hydrogen) atoms. The van der Waals surface area contributed by atoms with Crippen molar-refractivity contribution in [2.75, 3.05) is 0 Å². The molecule has 0 radical (unpaired) electrons. The lowest BCUT2D eigenvalue weighted by Crippen LogP contribution is -1.89. The predicted molar refractivity (Wildman–Crippen MR) is 181 cm³/mol. The number of hydrogen-bond donors (Lipinski definition) is 0. The SMILES string of the molecule is c1ccc(-c2ccc3ccc4c(-c5ccc6c(c5)sc5ccc7oc8ccccc8c7c56)ccc5ccc2c3c54)cc1. The van der Waals surface area contributed by atoms with Gasteiger partial charge in [-0.25, -0.2) is 0 Å². The molecule has 2 heterocycles. The molecule has 0 aliphatic rings. The van der Waals surface area contributed by atoms with Crippen LogP contribution < -0.4 is 0 Å². The summed E-state index contributed by atoms with van der Waals surface area (Å²) in [5.74, 6) is 0. The molecule has 0 bridgehead atoms. The van der Waals surface area contributed by atoms with Gasteiger partial charge in [-0.1, -0.05) is 109 Å². The van der Waals surface area contributed by atoms with E-state index in [0.717, 1.165) is 11.2 Å². The molecule has 0 unspecified atom stereocenters. The van der Waals surface area contributed by atoms with E-state index < -0.39 is 0 Å². The van der Waals surface area contributed by atoms with E-state index in [4.69, 9.17) is 4.42 Å². The fourth-order valence-corrected chi connectivity index (χ4v) is 8.32. The number of rotatable bonds is 2. The predicted octanol–water partition coefficient (Wildman–Crippen LogP) is 12.2. The summed E-state index contributed by atoms with van der Waals surface area (Å²) in [6.45, 7) is 0. The van der Waals surface area contributed by atoms with Crippen LogP contribution in [0.2, 0.25) is 0 Å². The zero-order valence-electron chi connectivity index (χ0n) is 22.5. The van der Waals surface area contributed by atoms with Crippen molar-refractivity contribution in [1.29, 1.82) is 0 Å². The van der Waals surface area contributed by atoms with Crippen LogP contribution in [0.4, 0.5) is 0 Å². The molecule has 0 saturated heterocycles. The summed E-state index contributed by atoms with van der Waals surface area (Å²) < 4.78 is 8.82. The van der Waals surface area contributed by atoms with Gasteiger partial charge in [0.25, 0.3) is 0 Å². The molecule has 0 aliphatic carbocycles. The second-order valence-corrected chi connectivity index (χ2v) is 12.3. The molecule has 194 valence electrons. The lowest BCUT2D eigenvalue weighted by molar-refractivity contribution is 0.669. The van der Waals surface area contributed by atoms with Gasteiger partial charge in [-0.05, 0) is 78.8 Å². The second kappa shape index (κ2) is 8.19. The smallest absolute Gasteiger partial charge is 0.136 e. The van der Waals surface area contributed by atoms with Crippen LogP contribution in [-0.2, 0) is 0 Å². The van der Waals surface area contributed by atoms with Gasteiger partial charge < -0.3 is 4.42 Å². The largest absolute Gasteiger partial charge is 0.456 e. The molecular formula is C40H22OS. The van der Waals surface area contributed by atoms with Crippen molar-refractivity contribution in [2.24, 2.45) is 0 Å². The summed E-state index contributed by atoms with van der Waals surface area (Å²) in [6, 6.07) is 48.8. The molecular weight excluding hydrogens is 529 g/mol. The van der Waals surface area contributed by atoms with Gasteiger partial charge in [0.05, 0.1) is 0 Å². The zero-order chi connectivity index (χ0) is 27.4. The van der Waals surface area contributed by atoms with E-state index in [0.29, 0.717) is 0 Å². The average Bonchev–Trinajstić information content (AvgIpc) is 3.61. The Hall–Kier alpha value is -5.18. The van der Waals surface area contributed by atoms with E-state index in [1.54, 1.807) is 0 Å². The number of thiophene rings is 1. The zero-order valence-corrected chi connectivity index (χ0v) is 23.3. The van der Waals surface area contributed by atoms with Crippen LogP contribution in [0.25, 0.3) is 96.7 Å². The van der Waals surface area contributed by atoms with Crippen molar-refractivity contribution in [3.8, 4) is 22.3 Å². The Balaban J connectivity index is 1.23. The van der Waals surface area contributed by atoms with Crippen LogP contribution in [0.3, 0.4) is 0 Å². The van der Waals surface area contributed by atoms with Gasteiger partial charge in [-0.2, -0.15) is 0 Å². The van der Waals surface area contributed by atoms with Gasteiger partial charge in [0.1, 0.15) is 11.2 Å². The van der Waals surface area contributed by atoms with Crippen molar-refractivity contribution < 1.29 is 4.42 Å². The Morgan fingerprint density at radius 3 is 1.83 bits per heavy atom. The highest BCUT2D eigenvalue weighted by molar-refractivity contribution is 7.26. The molecule has 1 nitrogen and oxygen atoms in total. The van der Waals surface area contributed by atoms with Crippen LogP contribution in [0, 0.1) is 0 Å². The minimum absolute atomic E-state index is 0.944. The van der Waals surface area contributed by atoms with Crippen LogP contribution in [-0.4, -0.2) is 0 Å². The van der Waals surface area contributed by atoms with Crippen molar-refractivity contribution in [2.45, 2.75) is 0 Å². The molecule has 2 heteroatoms. The normalized spacial score (nSPS) is 12.3. The topological polar surface area (TPSA) is 13.1 Å². The number of hydrogen-bond acceptors (Lipinski definition) is 2. The van der Waals surface area contributed by atoms with Crippen LogP contribution in [0.5, 0.6) is 0 Å². The summed E-state index contributed by atoms with van der Waals surface area (Å²) in [6.07, 6.45) is 0. The number of benzene rings is 8. The Kier molecular flexibility index (Phi) is 4.39. The quantitative estimate of drug-likeness (QED) is 0.195. The molecule has 0 fully saturated rings. The third kappa shape index (κ3) is 2.97. The van der Waals surface area contributed by atoms with Gasteiger partial charge in [0.2, 0.25) is 0 Å². The summed E-state index contributed by atoms with van der Waals surface area (Å²) in [4.78, 5) is 0. The molecule has 0 aliphatic heterocycles. The van der Waals surface area contributed by atoms with Crippen molar-refractivity contribution in [3.63, 3.8) is 0 Å². The van der Waals surface area contributed by atoms with E-state index in [2.05, 4.69) is 127 Å². The Morgan fingerprint density at radius 2 is 1.05 bits per heavy atom. The fourth-order valence-electron chi connectivity index (χ4n) is 7.17. The van der Waals surface area contributed by atoms with Crippen molar-refractivity contribution in [1.82, 2.24) is 0 Å². The number of para-hydroxylation sites is 1. The molecule has 10 rings (SSSR count). The summed E-state index contributed by atoms with van der Waals surface area (Å²) in [5, 5.41) is 12.9. The Labute approximate surface area is 245 Å². The lowest BCUT2D eigenvalue weighted by atomic mass is 9.87. The molecule has 0 N–H and O–H groups in total. The highest BCUT2D eigenvalue weighted by Crippen LogP contribution is 2.46. The highest BCUT2D eigenvalue weighted by atomic mass is 32.1. The minimum Gasteiger partial charge on any atom is -0.456 e. The van der Waals surface area contributed by atoms with E-state index in [1.807, 2.05) is 17.4 Å². The fraction of sp³-hybridized carbons (Fsp3) is 0. The second-order valence-electron chi connectivity index (χ2n) is 11.2. The first kappa shape index (κ1) is 22.5. The van der Waals surface area contributed by atoms with Crippen LogP contribution in [0.1, 0.15) is 0 Å². The Morgan fingerprint density at radius 1 is 0.381 bits per heavy atom. The Bertz CT molecular complexity index is 2670. The van der Waals surface area contributed by atoms with E-state index in [-0.39, 0.29) is 0 Å². The number of furan rings is 1. The molecule has 10 aromatic rings. The maximum absolute atomic E-state index is 6.22. The molecule has 0 saturated carbocycles. The summed E-state index contributed by atoms with van der Waals surface area (Å²) >= 11 is 1.87. The summed E-state index contributed by atoms with van der Waals surface area (Å²) in [5.41, 5.74) is 6.97. The maximum Gasteiger partial charge on any atom is 0.136 e. The van der Waals surface area contributed by atoms with Gasteiger partial charge in [-0.15, -0.1) is 11.3 Å². The maximum atomic E-state index is 6.22. The van der Waals surface area contributed by atoms with Crippen LogP contribution >= 0.6 is 11.3 Å². The molecule has 8 aromatic carbocycles. The molecule has 2 aromatic heterocycles. The first-order valence-corrected chi connectivity index (χ1v) is 15.2. The molecule has 0 atom stereocenters. The monoisotopic (exact) mass is 550 g/mol. The van der Waals surface area contributed by atoms with Gasteiger partial charge >= 0.3 is 0 Å². The highest BCUT2D eigenvalue weighted by Gasteiger charge is 2.17. The molecule has 0 amide bonds. The van der Waals surface area contributed by atoms with Gasteiger partial charge in [0, 0.05) is 30.9 Å². The standard InChI is InChI=1S/C40H22OS/c1-2-6-23(7-3-1)27-15-10-24-13-18-30-28(16-11-25-12-17-29(27)37(24)38(25)30)26-14-19-32-36(22-26)42-35-21-20-34-39(40(32)35)31-8-4-5-9-33(31)41-34/h1-22H. The first-order valence-electron chi connectivity index (χ1n) is 14.3. The number of fused-ring (bicyclic) bond motifs is 7. The van der Waals surface area contributed by atoms with Crippen molar-refractivity contribution >= 4 is 85.8 Å². The van der Waals surface area contributed by atoms with E-state index >= 15 is 0 Å². The van der Waals surface area contributed by atoms with E-state index in [9.17, 15) is 0 Å². The average molecular weight is 551 g/mol. The minimum atomic E-state index is 0.944. The van der Waals surface area contributed by atoms with Gasteiger partial charge in [-0.3, -0.25) is 0 Å². The third-order valence-corrected chi connectivity index (χ3v) is 10.2. The van der Waals surface area contributed by atoms with Crippen molar-refractivity contribution in [3.05, 3.63) is 133 Å². The van der Waals surface area contributed by atoms with Gasteiger partial charge in [0.15, 0.2) is 0 Å². The molecule has 0 spiro atoms. The first-order chi connectivity index (χ1) is 20.8. The third-order valence-electron chi connectivity index (χ3n) is 9.04. The summed E-state index contributed by atoms with van der Waals surface area (Å²) in [7, 11) is 0. The lowest BCUT2D eigenvalue weighted by Gasteiger charge is -2.16.